The Morgan fingerprint density at radius 1 is 1.14 bits per heavy atom. The number of aromatic nitrogens is 3. The van der Waals surface area contributed by atoms with E-state index in [1.54, 1.807) is 6.20 Å². The number of anilines is 1. The minimum Gasteiger partial charge on any atom is -0.370 e. The third kappa shape index (κ3) is 4.00. The highest BCUT2D eigenvalue weighted by molar-refractivity contribution is 5.54. The molecule has 0 aromatic carbocycles. The fourth-order valence-corrected chi connectivity index (χ4v) is 1.95. The Labute approximate surface area is 127 Å². The van der Waals surface area contributed by atoms with E-state index in [1.807, 2.05) is 18.2 Å². The predicted molar refractivity (Wildman–Crippen MR) is 87.5 cm³/mol. The Kier molecular flexibility index (Phi) is 4.56. The summed E-state index contributed by atoms with van der Waals surface area (Å²) >= 11 is 0. The smallest absolute Gasteiger partial charge is 0.180 e. The third-order valence-corrected chi connectivity index (χ3v) is 3.20. The van der Waals surface area contributed by atoms with Gasteiger partial charge in [0.15, 0.2) is 5.82 Å². The van der Waals surface area contributed by atoms with Gasteiger partial charge < -0.3 is 5.32 Å². The molecule has 4 nitrogen and oxygen atoms in total. The molecule has 0 aliphatic carbocycles. The summed E-state index contributed by atoms with van der Waals surface area (Å²) in [4.78, 5) is 13.7. The van der Waals surface area contributed by atoms with Crippen LogP contribution in [-0.2, 0) is 5.41 Å². The average molecular weight is 284 g/mol. The highest BCUT2D eigenvalue weighted by Crippen LogP contribution is 2.25. The summed E-state index contributed by atoms with van der Waals surface area (Å²) in [5.41, 5.74) is 2.98. The van der Waals surface area contributed by atoms with Crippen molar-refractivity contribution in [1.82, 2.24) is 15.0 Å². The van der Waals surface area contributed by atoms with Crippen LogP contribution in [0.2, 0.25) is 0 Å². The van der Waals surface area contributed by atoms with E-state index >= 15 is 0 Å². The molecule has 112 valence electrons. The van der Waals surface area contributed by atoms with Gasteiger partial charge in [-0.15, -0.1) is 0 Å². The van der Waals surface area contributed by atoms with Gasteiger partial charge in [-0.1, -0.05) is 27.7 Å². The number of hydrogen-bond donors (Lipinski definition) is 1. The van der Waals surface area contributed by atoms with Crippen LogP contribution >= 0.6 is 0 Å². The molecule has 4 heteroatoms. The van der Waals surface area contributed by atoms with Gasteiger partial charge in [-0.2, -0.15) is 0 Å². The summed E-state index contributed by atoms with van der Waals surface area (Å²) in [6.07, 6.45) is 2.86. The highest BCUT2D eigenvalue weighted by Gasteiger charge is 2.19. The van der Waals surface area contributed by atoms with E-state index in [2.05, 4.69) is 49.9 Å². The molecule has 2 aromatic heterocycles. The van der Waals surface area contributed by atoms with Gasteiger partial charge in [0.1, 0.15) is 11.5 Å². The minimum absolute atomic E-state index is 0.0237. The molecule has 0 aliphatic heterocycles. The van der Waals surface area contributed by atoms with E-state index in [4.69, 9.17) is 4.98 Å². The average Bonchev–Trinajstić information content (AvgIpc) is 2.44. The first-order chi connectivity index (χ1) is 9.90. The second kappa shape index (κ2) is 6.20. The Balaban J connectivity index is 2.49. The monoisotopic (exact) mass is 284 g/mol. The van der Waals surface area contributed by atoms with Crippen molar-refractivity contribution in [3.05, 3.63) is 35.7 Å². The molecule has 0 saturated carbocycles. The number of nitrogens with one attached hydrogen (secondary N) is 1. The molecule has 0 saturated heterocycles. The molecule has 2 aromatic rings. The van der Waals surface area contributed by atoms with E-state index in [1.165, 1.54) is 0 Å². The summed E-state index contributed by atoms with van der Waals surface area (Å²) in [5, 5.41) is 3.35. The number of rotatable bonds is 4. The van der Waals surface area contributed by atoms with Crippen molar-refractivity contribution in [3.8, 4) is 11.5 Å². The number of hydrogen-bond acceptors (Lipinski definition) is 4. The molecule has 2 heterocycles. The lowest BCUT2D eigenvalue weighted by Gasteiger charge is -2.19. The number of aryl methyl sites for hydroxylation is 1. The molecule has 0 fully saturated rings. The van der Waals surface area contributed by atoms with Gasteiger partial charge in [0.2, 0.25) is 0 Å². The van der Waals surface area contributed by atoms with Gasteiger partial charge in [-0.3, -0.25) is 4.98 Å². The lowest BCUT2D eigenvalue weighted by Crippen LogP contribution is -2.16. The SMILES string of the molecule is CCCNc1cc(C(C)(C)C)nc(-c2cc(C)ccn2)n1. The standard InChI is InChI=1S/C17H24N4/c1-6-8-19-15-11-14(17(3,4)5)20-16(21-15)13-10-12(2)7-9-18-13/h7,9-11H,6,8H2,1-5H3,(H,19,20,21). The fourth-order valence-electron chi connectivity index (χ4n) is 1.95. The van der Waals surface area contributed by atoms with Crippen molar-refractivity contribution in [3.63, 3.8) is 0 Å². The maximum Gasteiger partial charge on any atom is 0.180 e. The molecule has 0 unspecified atom stereocenters. The fraction of sp³-hybridized carbons (Fsp3) is 0.471. The summed E-state index contributed by atoms with van der Waals surface area (Å²) in [5.74, 6) is 1.56. The largest absolute Gasteiger partial charge is 0.370 e. The van der Waals surface area contributed by atoms with Crippen molar-refractivity contribution in [2.24, 2.45) is 0 Å². The van der Waals surface area contributed by atoms with Crippen molar-refractivity contribution in [2.75, 3.05) is 11.9 Å². The lowest BCUT2D eigenvalue weighted by molar-refractivity contribution is 0.568. The van der Waals surface area contributed by atoms with Crippen LogP contribution < -0.4 is 5.32 Å². The van der Waals surface area contributed by atoms with E-state index in [9.17, 15) is 0 Å². The molecule has 0 radical (unpaired) electrons. The topological polar surface area (TPSA) is 50.7 Å². The van der Waals surface area contributed by atoms with Crippen molar-refractivity contribution >= 4 is 5.82 Å². The van der Waals surface area contributed by atoms with Crippen LogP contribution in [0.3, 0.4) is 0 Å². The number of pyridine rings is 1. The van der Waals surface area contributed by atoms with Gasteiger partial charge in [0.05, 0.1) is 5.69 Å². The molecule has 2 rings (SSSR count). The van der Waals surface area contributed by atoms with Gasteiger partial charge in [-0.25, -0.2) is 9.97 Å². The molecule has 21 heavy (non-hydrogen) atoms. The van der Waals surface area contributed by atoms with Gasteiger partial charge in [0.25, 0.3) is 0 Å². The molecule has 0 spiro atoms. The van der Waals surface area contributed by atoms with E-state index in [-0.39, 0.29) is 5.41 Å². The summed E-state index contributed by atoms with van der Waals surface area (Å²) in [6, 6.07) is 6.04. The predicted octanol–water partition coefficient (Wildman–Crippen LogP) is 3.97. The van der Waals surface area contributed by atoms with Crippen LogP contribution in [0.5, 0.6) is 0 Å². The normalized spacial score (nSPS) is 11.5. The zero-order valence-electron chi connectivity index (χ0n) is 13.6. The van der Waals surface area contributed by atoms with E-state index < -0.39 is 0 Å². The van der Waals surface area contributed by atoms with E-state index in [0.29, 0.717) is 5.82 Å². The minimum atomic E-state index is -0.0237. The molecule has 0 bridgehead atoms. The first-order valence-electron chi connectivity index (χ1n) is 7.46. The quantitative estimate of drug-likeness (QED) is 0.923. The maximum absolute atomic E-state index is 4.71. The van der Waals surface area contributed by atoms with E-state index in [0.717, 1.165) is 35.7 Å². The molecular formula is C17H24N4. The second-order valence-corrected chi connectivity index (χ2v) is 6.36. The molecule has 1 N–H and O–H groups in total. The van der Waals surface area contributed by atoms with Crippen LogP contribution in [0.4, 0.5) is 5.82 Å². The summed E-state index contributed by atoms with van der Waals surface area (Å²) in [6.45, 7) is 11.6. The zero-order valence-corrected chi connectivity index (χ0v) is 13.6. The second-order valence-electron chi connectivity index (χ2n) is 6.36. The number of nitrogens with zero attached hydrogens (tertiary/aromatic N) is 3. The Hall–Kier alpha value is -1.97. The van der Waals surface area contributed by atoms with Crippen LogP contribution in [0.15, 0.2) is 24.4 Å². The molecule has 0 amide bonds. The highest BCUT2D eigenvalue weighted by atomic mass is 15.0. The Bertz CT molecular complexity index is 614. The van der Waals surface area contributed by atoms with Crippen molar-refractivity contribution in [1.29, 1.82) is 0 Å². The summed E-state index contributed by atoms with van der Waals surface area (Å²) in [7, 11) is 0. The van der Waals surface area contributed by atoms with Crippen LogP contribution in [-0.4, -0.2) is 21.5 Å². The molecule has 0 aliphatic rings. The van der Waals surface area contributed by atoms with Crippen LogP contribution in [0.1, 0.15) is 45.4 Å². The van der Waals surface area contributed by atoms with Gasteiger partial charge in [-0.05, 0) is 31.0 Å². The first-order valence-corrected chi connectivity index (χ1v) is 7.46. The molecular weight excluding hydrogens is 260 g/mol. The van der Waals surface area contributed by atoms with Gasteiger partial charge in [0, 0.05) is 24.2 Å². The zero-order chi connectivity index (χ0) is 15.5. The van der Waals surface area contributed by atoms with Crippen LogP contribution in [0, 0.1) is 6.92 Å². The van der Waals surface area contributed by atoms with Crippen LogP contribution in [0.25, 0.3) is 11.5 Å². The lowest BCUT2D eigenvalue weighted by atomic mass is 9.92. The Morgan fingerprint density at radius 3 is 2.52 bits per heavy atom. The molecule has 0 atom stereocenters. The maximum atomic E-state index is 4.71. The summed E-state index contributed by atoms with van der Waals surface area (Å²) < 4.78 is 0. The van der Waals surface area contributed by atoms with Crippen molar-refractivity contribution in [2.45, 2.75) is 46.5 Å². The third-order valence-electron chi connectivity index (χ3n) is 3.20. The first kappa shape index (κ1) is 15.4. The van der Waals surface area contributed by atoms with Gasteiger partial charge >= 0.3 is 0 Å². The Morgan fingerprint density at radius 2 is 1.90 bits per heavy atom. The van der Waals surface area contributed by atoms with Crippen molar-refractivity contribution < 1.29 is 0 Å².